The Morgan fingerprint density at radius 3 is 2.38 bits per heavy atom. The van der Waals surface area contributed by atoms with E-state index in [2.05, 4.69) is 10.2 Å². The number of rotatable bonds is 3. The molecule has 1 fully saturated rings. The fraction of sp³-hybridized carbons (Fsp3) is 0.778. The summed E-state index contributed by atoms with van der Waals surface area (Å²) in [6, 6.07) is -0.326. The molecule has 0 radical (unpaired) electrons. The average Bonchev–Trinajstić information content (AvgIpc) is 2.26. The van der Waals surface area contributed by atoms with Gasteiger partial charge in [-0.15, -0.1) is 0 Å². The number of aliphatic hydroxyl groups excluding tert-OH is 1. The number of carboxylic acid groups (broad SMARTS) is 1. The zero-order valence-electron chi connectivity index (χ0n) is 9.22. The lowest BCUT2D eigenvalue weighted by Gasteiger charge is -2.32. The van der Waals surface area contributed by atoms with Gasteiger partial charge in [0.25, 0.3) is 0 Å². The number of hydrogen-bond acceptors (Lipinski definition) is 4. The zero-order valence-corrected chi connectivity index (χ0v) is 9.22. The number of carboxylic acids is 1. The fourth-order valence-electron chi connectivity index (χ4n) is 1.39. The molecule has 1 aliphatic rings. The van der Waals surface area contributed by atoms with Crippen molar-refractivity contribution < 1.29 is 19.8 Å². The summed E-state index contributed by atoms with van der Waals surface area (Å²) in [5.41, 5.74) is 0. The molecule has 0 aromatic rings. The standard InChI is InChI=1S/C9H17N3O4/c1-11-2-4-12(5-3-11)9(16)10-6-7(13)8(14)15/h7,13H,2-6H2,1H3,(H,10,16)(H,14,15). The molecule has 1 saturated heterocycles. The van der Waals surface area contributed by atoms with E-state index in [4.69, 9.17) is 10.2 Å². The molecule has 7 nitrogen and oxygen atoms in total. The summed E-state index contributed by atoms with van der Waals surface area (Å²) in [5.74, 6) is -1.33. The average molecular weight is 231 g/mol. The molecule has 0 spiro atoms. The van der Waals surface area contributed by atoms with Gasteiger partial charge in [0.05, 0.1) is 6.54 Å². The third kappa shape index (κ3) is 3.67. The van der Waals surface area contributed by atoms with E-state index >= 15 is 0 Å². The van der Waals surface area contributed by atoms with Crippen molar-refractivity contribution in [1.82, 2.24) is 15.1 Å². The molecule has 0 saturated carbocycles. The van der Waals surface area contributed by atoms with E-state index in [1.165, 1.54) is 0 Å². The SMILES string of the molecule is CN1CCN(C(=O)NCC(O)C(=O)O)CC1. The monoisotopic (exact) mass is 231 g/mol. The first-order chi connectivity index (χ1) is 7.50. The highest BCUT2D eigenvalue weighted by Crippen LogP contribution is 1.99. The van der Waals surface area contributed by atoms with Gasteiger partial charge in [0.1, 0.15) is 0 Å². The first-order valence-corrected chi connectivity index (χ1v) is 5.13. The fourth-order valence-corrected chi connectivity index (χ4v) is 1.39. The van der Waals surface area contributed by atoms with Crippen molar-refractivity contribution in [2.75, 3.05) is 39.8 Å². The van der Waals surface area contributed by atoms with E-state index in [9.17, 15) is 9.59 Å². The number of amides is 2. The van der Waals surface area contributed by atoms with Crippen molar-refractivity contribution in [2.24, 2.45) is 0 Å². The molecule has 1 atom stereocenters. The van der Waals surface area contributed by atoms with E-state index < -0.39 is 12.1 Å². The summed E-state index contributed by atoms with van der Waals surface area (Å²) >= 11 is 0. The highest BCUT2D eigenvalue weighted by Gasteiger charge is 2.20. The first-order valence-electron chi connectivity index (χ1n) is 5.13. The Bertz CT molecular complexity index is 263. The molecule has 92 valence electrons. The van der Waals surface area contributed by atoms with Gasteiger partial charge in [0.15, 0.2) is 6.10 Å². The van der Waals surface area contributed by atoms with Crippen LogP contribution in [0.3, 0.4) is 0 Å². The summed E-state index contributed by atoms with van der Waals surface area (Å²) < 4.78 is 0. The number of aliphatic hydroxyl groups is 1. The van der Waals surface area contributed by atoms with E-state index in [0.29, 0.717) is 13.1 Å². The van der Waals surface area contributed by atoms with Gasteiger partial charge in [-0.2, -0.15) is 0 Å². The summed E-state index contributed by atoms with van der Waals surface area (Å²) in [5, 5.41) is 19.8. The quantitative estimate of drug-likeness (QED) is 0.543. The third-order valence-electron chi connectivity index (χ3n) is 2.52. The number of likely N-dealkylation sites (N-methyl/N-ethyl adjacent to an activating group) is 1. The lowest BCUT2D eigenvalue weighted by atomic mass is 10.3. The van der Waals surface area contributed by atoms with Crippen molar-refractivity contribution in [3.8, 4) is 0 Å². The highest BCUT2D eigenvalue weighted by atomic mass is 16.4. The summed E-state index contributed by atoms with van der Waals surface area (Å²) in [6.07, 6.45) is -1.54. The molecule has 0 bridgehead atoms. The van der Waals surface area contributed by atoms with E-state index in [1.807, 2.05) is 7.05 Å². The van der Waals surface area contributed by atoms with E-state index in [0.717, 1.165) is 13.1 Å². The number of aliphatic carboxylic acids is 1. The number of piperazine rings is 1. The van der Waals surface area contributed by atoms with Crippen molar-refractivity contribution in [3.05, 3.63) is 0 Å². The topological polar surface area (TPSA) is 93.1 Å². The second-order valence-corrected chi connectivity index (χ2v) is 3.83. The summed E-state index contributed by atoms with van der Waals surface area (Å²) in [6.45, 7) is 2.57. The normalized spacial score (nSPS) is 19.2. The molecule has 7 heteroatoms. The van der Waals surface area contributed by atoms with Crippen LogP contribution >= 0.6 is 0 Å². The molecule has 1 heterocycles. The molecular formula is C9H17N3O4. The molecule has 0 aliphatic carbocycles. The van der Waals surface area contributed by atoms with Crippen LogP contribution < -0.4 is 5.32 Å². The molecule has 1 unspecified atom stereocenters. The predicted molar refractivity (Wildman–Crippen MR) is 56.1 cm³/mol. The molecule has 0 aromatic carbocycles. The van der Waals surface area contributed by atoms with Crippen LogP contribution in [0.15, 0.2) is 0 Å². The van der Waals surface area contributed by atoms with Gasteiger partial charge in [0.2, 0.25) is 0 Å². The molecule has 3 N–H and O–H groups in total. The smallest absolute Gasteiger partial charge is 0.334 e. The second kappa shape index (κ2) is 5.66. The summed E-state index contributed by atoms with van der Waals surface area (Å²) in [4.78, 5) is 25.5. The maximum Gasteiger partial charge on any atom is 0.334 e. The number of carbonyl (C=O) groups is 2. The van der Waals surface area contributed by atoms with E-state index in [-0.39, 0.29) is 12.6 Å². The minimum atomic E-state index is -1.54. The first kappa shape index (κ1) is 12.7. The van der Waals surface area contributed by atoms with Gasteiger partial charge in [-0.1, -0.05) is 0 Å². The van der Waals surface area contributed by atoms with Crippen LogP contribution in [0.5, 0.6) is 0 Å². The third-order valence-corrected chi connectivity index (χ3v) is 2.52. The van der Waals surface area contributed by atoms with Crippen LogP contribution in [-0.4, -0.2) is 77.9 Å². The van der Waals surface area contributed by atoms with Gasteiger partial charge in [-0.25, -0.2) is 9.59 Å². The molecule has 16 heavy (non-hydrogen) atoms. The Morgan fingerprint density at radius 2 is 1.88 bits per heavy atom. The maximum atomic E-state index is 11.5. The van der Waals surface area contributed by atoms with Crippen LogP contribution in [0.4, 0.5) is 4.79 Å². The Labute approximate surface area is 93.6 Å². The van der Waals surface area contributed by atoms with Gasteiger partial charge < -0.3 is 25.3 Å². The number of nitrogens with zero attached hydrogens (tertiary/aromatic N) is 2. The number of hydrogen-bond donors (Lipinski definition) is 3. The van der Waals surface area contributed by atoms with Crippen molar-refractivity contribution in [1.29, 1.82) is 0 Å². The molecule has 1 rings (SSSR count). The Balaban J connectivity index is 2.27. The maximum absolute atomic E-state index is 11.5. The van der Waals surface area contributed by atoms with Gasteiger partial charge >= 0.3 is 12.0 Å². The Kier molecular flexibility index (Phi) is 4.51. The number of urea groups is 1. The lowest BCUT2D eigenvalue weighted by molar-refractivity contribution is -0.146. The molecule has 0 aromatic heterocycles. The van der Waals surface area contributed by atoms with E-state index in [1.54, 1.807) is 4.90 Å². The van der Waals surface area contributed by atoms with Gasteiger partial charge in [0, 0.05) is 26.2 Å². The van der Waals surface area contributed by atoms with Crippen LogP contribution in [0.25, 0.3) is 0 Å². The zero-order chi connectivity index (χ0) is 12.1. The largest absolute Gasteiger partial charge is 0.479 e. The van der Waals surface area contributed by atoms with Crippen LogP contribution in [0, 0.1) is 0 Å². The van der Waals surface area contributed by atoms with Crippen molar-refractivity contribution in [2.45, 2.75) is 6.10 Å². The Morgan fingerprint density at radius 1 is 1.31 bits per heavy atom. The van der Waals surface area contributed by atoms with Crippen LogP contribution in [-0.2, 0) is 4.79 Å². The van der Waals surface area contributed by atoms with Gasteiger partial charge in [-0.05, 0) is 7.05 Å². The molecular weight excluding hydrogens is 214 g/mol. The van der Waals surface area contributed by atoms with Crippen molar-refractivity contribution >= 4 is 12.0 Å². The molecule has 2 amide bonds. The van der Waals surface area contributed by atoms with Crippen molar-refractivity contribution in [3.63, 3.8) is 0 Å². The van der Waals surface area contributed by atoms with Crippen LogP contribution in [0.1, 0.15) is 0 Å². The lowest BCUT2D eigenvalue weighted by Crippen LogP contribution is -2.52. The van der Waals surface area contributed by atoms with Gasteiger partial charge in [-0.3, -0.25) is 0 Å². The number of carbonyl (C=O) groups excluding carboxylic acids is 1. The minimum absolute atomic E-state index is 0.263. The Hall–Kier alpha value is -1.34. The summed E-state index contributed by atoms with van der Waals surface area (Å²) in [7, 11) is 1.98. The second-order valence-electron chi connectivity index (χ2n) is 3.83. The van der Waals surface area contributed by atoms with Crippen LogP contribution in [0.2, 0.25) is 0 Å². The number of nitrogens with one attached hydrogen (secondary N) is 1. The minimum Gasteiger partial charge on any atom is -0.479 e. The highest BCUT2D eigenvalue weighted by molar-refractivity contribution is 5.76. The molecule has 1 aliphatic heterocycles. The predicted octanol–water partition coefficient (Wildman–Crippen LogP) is -1.61.